The van der Waals surface area contributed by atoms with E-state index in [2.05, 4.69) is 20.1 Å². The minimum Gasteiger partial charge on any atom is -0.477 e. The molecule has 1 aromatic carbocycles. The van der Waals surface area contributed by atoms with Crippen LogP contribution in [-0.2, 0) is 0 Å². The third kappa shape index (κ3) is 2.58. The highest BCUT2D eigenvalue weighted by Gasteiger charge is 2.17. The quantitative estimate of drug-likeness (QED) is 0.570. The molecule has 6 nitrogen and oxygen atoms in total. The first-order chi connectivity index (χ1) is 11.8. The summed E-state index contributed by atoms with van der Waals surface area (Å²) in [7, 11) is 0. The maximum atomic E-state index is 5.67. The molecule has 0 aliphatic heterocycles. The number of rotatable bonds is 4. The Balaban J connectivity index is 1.83. The molecule has 24 heavy (non-hydrogen) atoms. The van der Waals surface area contributed by atoms with Crippen LogP contribution in [-0.4, -0.2) is 26.7 Å². The highest BCUT2D eigenvalue weighted by atomic mass is 16.5. The molecule has 0 unspecified atom stereocenters. The van der Waals surface area contributed by atoms with Crippen molar-refractivity contribution in [2.75, 3.05) is 6.61 Å². The molecular formula is C18H14N4O2. The van der Waals surface area contributed by atoms with Crippen LogP contribution >= 0.6 is 0 Å². The van der Waals surface area contributed by atoms with E-state index in [0.717, 1.165) is 10.9 Å². The first kappa shape index (κ1) is 14.3. The third-order valence-corrected chi connectivity index (χ3v) is 3.52. The zero-order valence-electron chi connectivity index (χ0n) is 13.0. The van der Waals surface area contributed by atoms with E-state index in [4.69, 9.17) is 9.26 Å². The normalized spacial score (nSPS) is 10.9. The Morgan fingerprint density at radius 2 is 1.92 bits per heavy atom. The summed E-state index contributed by atoms with van der Waals surface area (Å²) in [5.41, 5.74) is 2.18. The summed E-state index contributed by atoms with van der Waals surface area (Å²) < 4.78 is 11.0. The first-order valence-corrected chi connectivity index (χ1v) is 7.63. The minimum absolute atomic E-state index is 0.362. The molecule has 0 saturated heterocycles. The second-order valence-corrected chi connectivity index (χ2v) is 5.10. The van der Waals surface area contributed by atoms with Crippen LogP contribution in [0, 0.1) is 0 Å². The highest BCUT2D eigenvalue weighted by molar-refractivity contribution is 5.84. The lowest BCUT2D eigenvalue weighted by atomic mass is 10.1. The van der Waals surface area contributed by atoms with Gasteiger partial charge in [0.05, 0.1) is 17.7 Å². The summed E-state index contributed by atoms with van der Waals surface area (Å²) in [6, 6.07) is 15.3. The summed E-state index contributed by atoms with van der Waals surface area (Å²) in [5, 5.41) is 5.05. The van der Waals surface area contributed by atoms with Crippen molar-refractivity contribution in [2.45, 2.75) is 6.92 Å². The molecule has 0 atom stereocenters. The lowest BCUT2D eigenvalue weighted by Gasteiger charge is -2.08. The Kier molecular flexibility index (Phi) is 3.63. The first-order valence-electron chi connectivity index (χ1n) is 7.63. The molecule has 0 spiro atoms. The highest BCUT2D eigenvalue weighted by Crippen LogP contribution is 2.31. The van der Waals surface area contributed by atoms with E-state index in [-0.39, 0.29) is 0 Å². The Bertz CT molecular complexity index is 983. The summed E-state index contributed by atoms with van der Waals surface area (Å²) in [6.45, 7) is 2.42. The van der Waals surface area contributed by atoms with Gasteiger partial charge in [0.2, 0.25) is 11.7 Å². The van der Waals surface area contributed by atoms with Crippen LogP contribution in [0.25, 0.3) is 33.9 Å². The molecule has 118 valence electrons. The maximum absolute atomic E-state index is 5.67. The van der Waals surface area contributed by atoms with Crippen LogP contribution in [0.1, 0.15) is 6.92 Å². The van der Waals surface area contributed by atoms with E-state index in [9.17, 15) is 0 Å². The van der Waals surface area contributed by atoms with Crippen LogP contribution in [0.15, 0.2) is 59.3 Å². The van der Waals surface area contributed by atoms with Gasteiger partial charge >= 0.3 is 0 Å². The average molecular weight is 318 g/mol. The van der Waals surface area contributed by atoms with Gasteiger partial charge < -0.3 is 9.26 Å². The second-order valence-electron chi connectivity index (χ2n) is 5.10. The average Bonchev–Trinajstić information content (AvgIpc) is 3.12. The van der Waals surface area contributed by atoms with E-state index >= 15 is 0 Å². The van der Waals surface area contributed by atoms with E-state index in [1.807, 2.05) is 55.5 Å². The zero-order chi connectivity index (χ0) is 16.4. The van der Waals surface area contributed by atoms with Gasteiger partial charge in [0.15, 0.2) is 0 Å². The third-order valence-electron chi connectivity index (χ3n) is 3.52. The molecular weight excluding hydrogens is 304 g/mol. The molecule has 0 amide bonds. The van der Waals surface area contributed by atoms with Crippen molar-refractivity contribution >= 4 is 10.9 Å². The van der Waals surface area contributed by atoms with Crippen molar-refractivity contribution in [2.24, 2.45) is 0 Å². The van der Waals surface area contributed by atoms with Gasteiger partial charge in [-0.05, 0) is 31.2 Å². The molecule has 3 heterocycles. The van der Waals surface area contributed by atoms with Crippen molar-refractivity contribution in [1.29, 1.82) is 0 Å². The lowest BCUT2D eigenvalue weighted by Crippen LogP contribution is -1.98. The molecule has 0 fully saturated rings. The monoisotopic (exact) mass is 318 g/mol. The Morgan fingerprint density at radius 1 is 1.04 bits per heavy atom. The fourth-order valence-corrected chi connectivity index (χ4v) is 2.43. The number of para-hydroxylation sites is 1. The van der Waals surface area contributed by atoms with Gasteiger partial charge in [0, 0.05) is 11.6 Å². The fourth-order valence-electron chi connectivity index (χ4n) is 2.43. The summed E-state index contributed by atoms with van der Waals surface area (Å²) in [6.07, 6.45) is 1.68. The molecule has 3 aromatic heterocycles. The molecule has 4 aromatic rings. The van der Waals surface area contributed by atoms with Crippen LogP contribution < -0.4 is 4.74 Å². The Hall–Kier alpha value is -3.28. The van der Waals surface area contributed by atoms with Gasteiger partial charge in [-0.2, -0.15) is 4.98 Å². The number of aromatic nitrogens is 4. The van der Waals surface area contributed by atoms with E-state index < -0.39 is 0 Å². The topological polar surface area (TPSA) is 73.9 Å². The predicted molar refractivity (Wildman–Crippen MR) is 89.4 cm³/mol. The standard InChI is InChI=1S/C18H14N4O2/c1-2-23-17-13(11-12-7-3-4-8-14(12)20-17)16-21-18(24-22-16)15-9-5-6-10-19-15/h3-11H,2H2,1H3. The van der Waals surface area contributed by atoms with Crippen LogP contribution in [0.4, 0.5) is 0 Å². The number of pyridine rings is 2. The summed E-state index contributed by atoms with van der Waals surface area (Å²) in [5.74, 6) is 1.28. The number of ether oxygens (including phenoxy) is 1. The zero-order valence-corrected chi connectivity index (χ0v) is 13.0. The Labute approximate surface area is 138 Å². The number of hydrogen-bond acceptors (Lipinski definition) is 6. The van der Waals surface area contributed by atoms with E-state index in [1.165, 1.54) is 0 Å². The van der Waals surface area contributed by atoms with Gasteiger partial charge in [0.1, 0.15) is 5.69 Å². The van der Waals surface area contributed by atoms with Crippen molar-refractivity contribution in [1.82, 2.24) is 20.1 Å². The molecule has 0 aliphatic rings. The number of hydrogen-bond donors (Lipinski definition) is 0. The van der Waals surface area contributed by atoms with Crippen molar-refractivity contribution < 1.29 is 9.26 Å². The van der Waals surface area contributed by atoms with E-state index in [1.54, 1.807) is 6.20 Å². The summed E-state index contributed by atoms with van der Waals surface area (Å²) >= 11 is 0. The van der Waals surface area contributed by atoms with E-state index in [0.29, 0.717) is 35.5 Å². The predicted octanol–water partition coefficient (Wildman–Crippen LogP) is 3.75. The number of benzene rings is 1. The van der Waals surface area contributed by atoms with Gasteiger partial charge in [-0.25, -0.2) is 4.98 Å². The molecule has 0 N–H and O–H groups in total. The molecule has 0 radical (unpaired) electrons. The largest absolute Gasteiger partial charge is 0.477 e. The van der Waals surface area contributed by atoms with Crippen molar-refractivity contribution in [3.05, 3.63) is 54.7 Å². The molecule has 0 saturated carbocycles. The fraction of sp³-hybridized carbons (Fsp3) is 0.111. The molecule has 0 aliphatic carbocycles. The van der Waals surface area contributed by atoms with Gasteiger partial charge in [-0.1, -0.05) is 29.4 Å². The maximum Gasteiger partial charge on any atom is 0.276 e. The lowest BCUT2D eigenvalue weighted by molar-refractivity contribution is 0.329. The Morgan fingerprint density at radius 3 is 2.75 bits per heavy atom. The second kappa shape index (κ2) is 6.08. The molecule has 6 heteroatoms. The van der Waals surface area contributed by atoms with Crippen LogP contribution in [0.2, 0.25) is 0 Å². The number of fused-ring (bicyclic) bond motifs is 1. The molecule has 0 bridgehead atoms. The minimum atomic E-state index is 0.362. The SMILES string of the molecule is CCOc1nc2ccccc2cc1-c1noc(-c2ccccn2)n1. The van der Waals surface area contributed by atoms with Gasteiger partial charge in [-0.3, -0.25) is 4.98 Å². The molecule has 4 rings (SSSR count). The van der Waals surface area contributed by atoms with Gasteiger partial charge in [0.25, 0.3) is 5.89 Å². The van der Waals surface area contributed by atoms with Crippen LogP contribution in [0.5, 0.6) is 5.88 Å². The van der Waals surface area contributed by atoms with Gasteiger partial charge in [-0.15, -0.1) is 0 Å². The van der Waals surface area contributed by atoms with Crippen molar-refractivity contribution in [3.8, 4) is 28.9 Å². The number of nitrogens with zero attached hydrogens (tertiary/aromatic N) is 4. The van der Waals surface area contributed by atoms with Crippen molar-refractivity contribution in [3.63, 3.8) is 0 Å². The van der Waals surface area contributed by atoms with Crippen LogP contribution in [0.3, 0.4) is 0 Å². The smallest absolute Gasteiger partial charge is 0.276 e. The summed E-state index contributed by atoms with van der Waals surface area (Å²) in [4.78, 5) is 13.2.